The summed E-state index contributed by atoms with van der Waals surface area (Å²) in [5, 5.41) is 29.7. The number of benzene rings is 2. The van der Waals surface area contributed by atoms with Gasteiger partial charge in [-0.25, -0.2) is 4.79 Å². The zero-order valence-electron chi connectivity index (χ0n) is 19.4. The molecule has 34 heavy (non-hydrogen) atoms. The second kappa shape index (κ2) is 10.1. The summed E-state index contributed by atoms with van der Waals surface area (Å²) in [4.78, 5) is 22.6. The minimum Gasteiger partial charge on any atom is -0.485 e. The normalized spacial score (nSPS) is 11.3. The molecule has 1 N–H and O–H groups in total. The zero-order valence-corrected chi connectivity index (χ0v) is 20.3. The fourth-order valence-corrected chi connectivity index (χ4v) is 4.43. The van der Waals surface area contributed by atoms with Crippen molar-refractivity contribution in [2.24, 2.45) is 0 Å². The Kier molecular flexibility index (Phi) is 7.41. The van der Waals surface area contributed by atoms with Crippen molar-refractivity contribution in [1.82, 2.24) is 14.8 Å². The highest BCUT2D eigenvalue weighted by molar-refractivity contribution is 7.99. The van der Waals surface area contributed by atoms with Crippen molar-refractivity contribution in [3.8, 4) is 5.75 Å². The van der Waals surface area contributed by atoms with E-state index in [1.165, 1.54) is 18.2 Å². The molecule has 1 heterocycles. The average molecular weight is 483 g/mol. The fourth-order valence-electron chi connectivity index (χ4n) is 3.36. The lowest BCUT2D eigenvalue weighted by molar-refractivity contribution is -0.387. The van der Waals surface area contributed by atoms with Crippen molar-refractivity contribution in [3.05, 3.63) is 81.7 Å². The minimum atomic E-state index is -1.27. The van der Waals surface area contributed by atoms with Crippen molar-refractivity contribution in [2.45, 2.75) is 56.3 Å². The summed E-state index contributed by atoms with van der Waals surface area (Å²) in [6, 6.07) is 9.98. The molecule has 0 fully saturated rings. The van der Waals surface area contributed by atoms with Crippen LogP contribution in [0.2, 0.25) is 0 Å². The van der Waals surface area contributed by atoms with Crippen LogP contribution in [0.25, 0.3) is 0 Å². The maximum absolute atomic E-state index is 11.7. The highest BCUT2D eigenvalue weighted by Crippen LogP contribution is 2.37. The van der Waals surface area contributed by atoms with Gasteiger partial charge < -0.3 is 9.84 Å². The fraction of sp³-hybridized carbons (Fsp3) is 0.292. The van der Waals surface area contributed by atoms with Gasteiger partial charge in [0, 0.05) is 12.6 Å². The lowest BCUT2D eigenvalue weighted by atomic mass is 9.86. The molecule has 3 rings (SSSR count). The summed E-state index contributed by atoms with van der Waals surface area (Å²) >= 11 is 0.880. The van der Waals surface area contributed by atoms with Crippen LogP contribution in [0, 0.1) is 17.0 Å². The van der Waals surface area contributed by atoms with Crippen molar-refractivity contribution in [1.29, 1.82) is 0 Å². The van der Waals surface area contributed by atoms with E-state index in [1.54, 1.807) is 10.6 Å². The van der Waals surface area contributed by atoms with Crippen molar-refractivity contribution < 1.29 is 19.6 Å². The van der Waals surface area contributed by atoms with Crippen LogP contribution in [0.15, 0.2) is 59.1 Å². The molecule has 178 valence electrons. The molecule has 9 nitrogen and oxygen atoms in total. The summed E-state index contributed by atoms with van der Waals surface area (Å²) in [6.07, 6.45) is 1.64. The molecule has 0 aliphatic heterocycles. The number of aromatic carboxylic acids is 1. The molecule has 3 aromatic rings. The molecular weight excluding hydrogens is 456 g/mol. The van der Waals surface area contributed by atoms with E-state index >= 15 is 0 Å². The van der Waals surface area contributed by atoms with Gasteiger partial charge in [-0.3, -0.25) is 14.7 Å². The van der Waals surface area contributed by atoms with Crippen molar-refractivity contribution in [2.75, 3.05) is 0 Å². The number of carboxylic acids is 1. The monoisotopic (exact) mass is 482 g/mol. The Labute approximate surface area is 201 Å². The first-order valence-corrected chi connectivity index (χ1v) is 11.3. The van der Waals surface area contributed by atoms with Gasteiger partial charge in [-0.2, -0.15) is 0 Å². The second-order valence-electron chi connectivity index (χ2n) is 8.65. The van der Waals surface area contributed by atoms with Gasteiger partial charge in [0.05, 0.1) is 10.5 Å². The van der Waals surface area contributed by atoms with Gasteiger partial charge in [-0.1, -0.05) is 45.0 Å². The molecular formula is C24H26N4O5S. The number of ether oxygens (including phenoxy) is 1. The SMILES string of the molecule is C=CCn1c(COc2cc(C)ccc2C(C)(C)C)nnc1Sc1c(C(=O)O)cccc1[N+](=O)[O-]. The summed E-state index contributed by atoms with van der Waals surface area (Å²) in [7, 11) is 0. The number of carbonyl (C=O) groups is 1. The van der Waals surface area contributed by atoms with Crippen LogP contribution in [0.1, 0.15) is 48.1 Å². The maximum Gasteiger partial charge on any atom is 0.337 e. The number of carboxylic acid groups (broad SMARTS) is 1. The molecule has 0 aliphatic carbocycles. The molecule has 0 unspecified atom stereocenters. The highest BCUT2D eigenvalue weighted by atomic mass is 32.2. The van der Waals surface area contributed by atoms with Gasteiger partial charge in [0.25, 0.3) is 5.69 Å². The summed E-state index contributed by atoms with van der Waals surface area (Å²) in [6.45, 7) is 12.5. The van der Waals surface area contributed by atoms with E-state index in [0.717, 1.165) is 28.6 Å². The number of nitro benzene ring substituents is 1. The van der Waals surface area contributed by atoms with Crippen LogP contribution in [0.5, 0.6) is 5.75 Å². The smallest absolute Gasteiger partial charge is 0.337 e. The first kappa shape index (κ1) is 25.0. The summed E-state index contributed by atoms with van der Waals surface area (Å²) in [5.41, 5.74) is 1.49. The first-order chi connectivity index (χ1) is 16.0. The Morgan fingerprint density at radius 3 is 2.65 bits per heavy atom. The lowest BCUT2D eigenvalue weighted by Gasteiger charge is -2.23. The molecule has 0 spiro atoms. The van der Waals surface area contributed by atoms with E-state index < -0.39 is 10.9 Å². The average Bonchev–Trinajstić information content (AvgIpc) is 3.12. The van der Waals surface area contributed by atoms with Gasteiger partial charge in [0.2, 0.25) is 0 Å². The second-order valence-corrected chi connectivity index (χ2v) is 9.63. The number of rotatable bonds is 9. The number of nitrogens with zero attached hydrogens (tertiary/aromatic N) is 4. The lowest BCUT2D eigenvalue weighted by Crippen LogP contribution is -2.14. The third-order valence-electron chi connectivity index (χ3n) is 5.02. The molecule has 0 amide bonds. The van der Waals surface area contributed by atoms with E-state index in [9.17, 15) is 20.0 Å². The number of allylic oxidation sites excluding steroid dienone is 1. The molecule has 2 aromatic carbocycles. The van der Waals surface area contributed by atoms with Crippen LogP contribution in [0.3, 0.4) is 0 Å². The van der Waals surface area contributed by atoms with Crippen molar-refractivity contribution >= 4 is 23.4 Å². The molecule has 0 saturated carbocycles. The van der Waals surface area contributed by atoms with E-state index in [4.69, 9.17) is 4.74 Å². The quantitative estimate of drug-likeness (QED) is 0.244. The maximum atomic E-state index is 11.7. The zero-order chi connectivity index (χ0) is 25.0. The number of nitro groups is 1. The Hall–Kier alpha value is -3.66. The number of hydrogen-bond donors (Lipinski definition) is 1. The number of aryl methyl sites for hydroxylation is 1. The Bertz CT molecular complexity index is 1210. The molecule has 10 heteroatoms. The first-order valence-electron chi connectivity index (χ1n) is 10.5. The molecule has 1 aromatic heterocycles. The predicted molar refractivity (Wildman–Crippen MR) is 129 cm³/mol. The van der Waals surface area contributed by atoms with Crippen molar-refractivity contribution in [3.63, 3.8) is 0 Å². The van der Waals surface area contributed by atoms with Crippen LogP contribution >= 0.6 is 11.8 Å². The molecule has 0 bridgehead atoms. The summed E-state index contributed by atoms with van der Waals surface area (Å²) in [5.74, 6) is -0.0420. The Balaban J connectivity index is 1.97. The van der Waals surface area contributed by atoms with Crippen LogP contribution in [0.4, 0.5) is 5.69 Å². The molecule has 0 radical (unpaired) electrons. The van der Waals surface area contributed by atoms with Gasteiger partial charge in [0.15, 0.2) is 11.0 Å². The van der Waals surface area contributed by atoms with Crippen LogP contribution < -0.4 is 4.74 Å². The van der Waals surface area contributed by atoms with Gasteiger partial charge >= 0.3 is 5.97 Å². The number of aromatic nitrogens is 3. The Morgan fingerprint density at radius 1 is 1.29 bits per heavy atom. The summed E-state index contributed by atoms with van der Waals surface area (Å²) < 4.78 is 7.84. The predicted octanol–water partition coefficient (Wildman–Crippen LogP) is 5.41. The van der Waals surface area contributed by atoms with E-state index in [1.807, 2.05) is 25.1 Å². The highest BCUT2D eigenvalue weighted by Gasteiger charge is 2.25. The van der Waals surface area contributed by atoms with Crippen LogP contribution in [-0.2, 0) is 18.6 Å². The molecule has 0 aliphatic rings. The van der Waals surface area contributed by atoms with Gasteiger partial charge in [-0.05, 0) is 47.4 Å². The minimum absolute atomic E-state index is 0.0149. The van der Waals surface area contributed by atoms with Gasteiger partial charge in [0.1, 0.15) is 17.3 Å². The van der Waals surface area contributed by atoms with E-state index in [0.29, 0.717) is 17.5 Å². The standard InChI is InChI=1S/C24H26N4O5S/c1-6-12-27-20(14-33-19-13-15(2)10-11-17(19)24(3,4)5)25-26-23(27)34-21-16(22(29)30)8-7-9-18(21)28(31)32/h6-11,13H,1,12,14H2,2-5H3,(H,29,30). The van der Waals surface area contributed by atoms with Gasteiger partial charge in [-0.15, -0.1) is 16.8 Å². The molecule has 0 atom stereocenters. The third-order valence-corrected chi connectivity index (χ3v) is 6.14. The third kappa shape index (κ3) is 5.45. The van der Waals surface area contributed by atoms with E-state index in [2.05, 4.69) is 37.5 Å². The molecule has 0 saturated heterocycles. The largest absolute Gasteiger partial charge is 0.485 e. The number of hydrogen-bond acceptors (Lipinski definition) is 7. The van der Waals surface area contributed by atoms with Crippen LogP contribution in [-0.4, -0.2) is 30.8 Å². The topological polar surface area (TPSA) is 120 Å². The van der Waals surface area contributed by atoms with E-state index in [-0.39, 0.29) is 28.2 Å². The Morgan fingerprint density at radius 2 is 2.03 bits per heavy atom.